The number of halogens is 1. The first-order valence-corrected chi connectivity index (χ1v) is 7.81. The van der Waals surface area contributed by atoms with Crippen LogP contribution in [0.1, 0.15) is 38.2 Å². The molecule has 124 valence electrons. The van der Waals surface area contributed by atoms with Crippen molar-refractivity contribution in [2.75, 3.05) is 6.54 Å². The van der Waals surface area contributed by atoms with Gasteiger partial charge in [-0.3, -0.25) is 4.79 Å². The lowest BCUT2D eigenvalue weighted by atomic mass is 9.85. The number of carbonyl (C=O) groups is 1. The highest BCUT2D eigenvalue weighted by atomic mass is 35.5. The van der Waals surface area contributed by atoms with Crippen LogP contribution in [0.25, 0.3) is 0 Å². The summed E-state index contributed by atoms with van der Waals surface area (Å²) in [7, 11) is 0. The van der Waals surface area contributed by atoms with E-state index in [1.165, 1.54) is 5.56 Å². The first kappa shape index (κ1) is 18.8. The van der Waals surface area contributed by atoms with Crippen molar-refractivity contribution in [3.63, 3.8) is 0 Å². The van der Waals surface area contributed by atoms with Crippen LogP contribution in [0.5, 0.6) is 5.75 Å². The van der Waals surface area contributed by atoms with Gasteiger partial charge in [0.05, 0.1) is 6.54 Å². The highest BCUT2D eigenvalue weighted by Crippen LogP contribution is 2.23. The fourth-order valence-electron chi connectivity index (χ4n) is 2.75. The van der Waals surface area contributed by atoms with Crippen LogP contribution in [-0.2, 0) is 4.79 Å². The fraction of sp³-hybridized carbons (Fsp3) is 0.588. The molecule has 4 nitrogen and oxygen atoms in total. The Balaban J connectivity index is 0.00000242. The minimum atomic E-state index is -0.0473. The fourth-order valence-corrected chi connectivity index (χ4v) is 2.75. The molecule has 0 saturated heterocycles. The van der Waals surface area contributed by atoms with Gasteiger partial charge >= 0.3 is 0 Å². The first-order chi connectivity index (χ1) is 10.0. The van der Waals surface area contributed by atoms with Gasteiger partial charge in [-0.1, -0.05) is 24.1 Å². The summed E-state index contributed by atoms with van der Waals surface area (Å²) in [5.41, 5.74) is 7.13. The Hall–Kier alpha value is -1.26. The van der Waals surface area contributed by atoms with E-state index in [0.717, 1.165) is 31.4 Å². The van der Waals surface area contributed by atoms with E-state index in [2.05, 4.69) is 5.32 Å². The number of rotatable bonds is 5. The normalized spacial score (nSPS) is 22.3. The summed E-state index contributed by atoms with van der Waals surface area (Å²) in [6.07, 6.45) is 3.80. The van der Waals surface area contributed by atoms with Crippen LogP contribution in [0.2, 0.25) is 0 Å². The molecule has 1 aliphatic carbocycles. The number of hydrogen-bond acceptors (Lipinski definition) is 3. The van der Waals surface area contributed by atoms with Crippen molar-refractivity contribution in [2.24, 2.45) is 11.7 Å². The molecule has 0 heterocycles. The number of hydrogen-bond donors (Lipinski definition) is 2. The Bertz CT molecular complexity index is 464. The summed E-state index contributed by atoms with van der Waals surface area (Å²) >= 11 is 0. The molecule has 0 spiro atoms. The maximum atomic E-state index is 12.1. The second-order valence-corrected chi connectivity index (χ2v) is 6.11. The molecule has 1 aliphatic rings. The summed E-state index contributed by atoms with van der Waals surface area (Å²) in [5.74, 6) is 1.02. The van der Waals surface area contributed by atoms with E-state index in [1.54, 1.807) is 0 Å². The topological polar surface area (TPSA) is 64.3 Å². The number of benzene rings is 1. The van der Waals surface area contributed by atoms with Crippen molar-refractivity contribution in [3.05, 3.63) is 29.8 Å². The van der Waals surface area contributed by atoms with E-state index in [4.69, 9.17) is 10.5 Å². The quantitative estimate of drug-likeness (QED) is 0.874. The highest BCUT2D eigenvalue weighted by molar-refractivity contribution is 5.85. The molecule has 1 aromatic carbocycles. The zero-order chi connectivity index (χ0) is 15.2. The number of ether oxygens (including phenoxy) is 1. The van der Waals surface area contributed by atoms with E-state index < -0.39 is 0 Å². The molecule has 2 rings (SSSR count). The molecule has 0 aliphatic heterocycles. The zero-order valence-electron chi connectivity index (χ0n) is 13.4. The predicted octanol–water partition coefficient (Wildman–Crippen LogP) is 2.82. The number of nitrogens with one attached hydrogen (secondary N) is 1. The van der Waals surface area contributed by atoms with Crippen LogP contribution >= 0.6 is 12.4 Å². The van der Waals surface area contributed by atoms with Gasteiger partial charge in [-0.15, -0.1) is 12.4 Å². The average molecular weight is 327 g/mol. The van der Waals surface area contributed by atoms with E-state index >= 15 is 0 Å². The summed E-state index contributed by atoms with van der Waals surface area (Å²) in [6, 6.07) is 8.12. The Kier molecular flexibility index (Phi) is 7.69. The molecule has 22 heavy (non-hydrogen) atoms. The minimum absolute atomic E-state index is 0. The maximum Gasteiger partial charge on any atom is 0.223 e. The van der Waals surface area contributed by atoms with Gasteiger partial charge in [-0.2, -0.15) is 0 Å². The highest BCUT2D eigenvalue weighted by Gasteiger charge is 2.25. The Morgan fingerprint density at radius 3 is 2.68 bits per heavy atom. The van der Waals surface area contributed by atoms with Gasteiger partial charge in [-0.25, -0.2) is 0 Å². The number of nitrogens with two attached hydrogens (primary N) is 1. The molecular weight excluding hydrogens is 300 g/mol. The van der Waals surface area contributed by atoms with Gasteiger partial charge < -0.3 is 15.8 Å². The lowest BCUT2D eigenvalue weighted by Gasteiger charge is -2.26. The van der Waals surface area contributed by atoms with E-state index in [-0.39, 0.29) is 36.4 Å². The molecule has 1 fully saturated rings. The van der Waals surface area contributed by atoms with Crippen LogP contribution in [0.4, 0.5) is 0 Å². The van der Waals surface area contributed by atoms with E-state index in [0.29, 0.717) is 6.54 Å². The van der Waals surface area contributed by atoms with Crippen LogP contribution < -0.4 is 15.8 Å². The van der Waals surface area contributed by atoms with E-state index in [1.807, 2.05) is 38.1 Å². The van der Waals surface area contributed by atoms with Gasteiger partial charge in [0.1, 0.15) is 11.9 Å². The van der Waals surface area contributed by atoms with Crippen LogP contribution in [0.15, 0.2) is 24.3 Å². The summed E-state index contributed by atoms with van der Waals surface area (Å²) in [6.45, 7) is 4.54. The second kappa shape index (κ2) is 9.01. The molecule has 3 unspecified atom stereocenters. The van der Waals surface area contributed by atoms with Crippen molar-refractivity contribution < 1.29 is 9.53 Å². The second-order valence-electron chi connectivity index (χ2n) is 6.11. The zero-order valence-corrected chi connectivity index (χ0v) is 14.2. The lowest BCUT2D eigenvalue weighted by molar-refractivity contribution is -0.126. The summed E-state index contributed by atoms with van der Waals surface area (Å²) < 4.78 is 5.79. The van der Waals surface area contributed by atoms with Crippen molar-refractivity contribution in [1.82, 2.24) is 5.32 Å². The summed E-state index contributed by atoms with van der Waals surface area (Å²) in [4.78, 5) is 12.1. The molecule has 3 atom stereocenters. The van der Waals surface area contributed by atoms with Crippen LogP contribution in [0.3, 0.4) is 0 Å². The first-order valence-electron chi connectivity index (χ1n) is 7.81. The molecule has 1 aromatic rings. The molecule has 3 N–H and O–H groups in total. The van der Waals surface area contributed by atoms with Gasteiger partial charge in [0.2, 0.25) is 5.91 Å². The third-order valence-corrected chi connectivity index (χ3v) is 4.01. The largest absolute Gasteiger partial charge is 0.489 e. The molecule has 1 saturated carbocycles. The number of aryl methyl sites for hydroxylation is 1. The van der Waals surface area contributed by atoms with Gasteiger partial charge in [0.15, 0.2) is 0 Å². The Labute approximate surface area is 139 Å². The molecular formula is C17H27ClN2O2. The monoisotopic (exact) mass is 326 g/mol. The molecule has 1 amide bonds. The maximum absolute atomic E-state index is 12.1. The van der Waals surface area contributed by atoms with Crippen LogP contribution in [0, 0.1) is 12.8 Å². The molecule has 0 radical (unpaired) electrons. The summed E-state index contributed by atoms with van der Waals surface area (Å²) in [5, 5.41) is 2.98. The smallest absolute Gasteiger partial charge is 0.223 e. The van der Waals surface area contributed by atoms with Crippen molar-refractivity contribution >= 4 is 18.3 Å². The Morgan fingerprint density at radius 1 is 1.36 bits per heavy atom. The van der Waals surface area contributed by atoms with Crippen molar-refractivity contribution in [2.45, 2.75) is 51.7 Å². The van der Waals surface area contributed by atoms with E-state index in [9.17, 15) is 4.79 Å². The number of amides is 1. The molecule has 0 aromatic heterocycles. The SMILES string of the molecule is Cc1ccc(OC(C)CNC(=O)C2CCCC(N)C2)cc1.Cl. The lowest BCUT2D eigenvalue weighted by Crippen LogP contribution is -2.41. The molecule has 5 heteroatoms. The molecule has 0 bridgehead atoms. The van der Waals surface area contributed by atoms with Crippen molar-refractivity contribution in [1.29, 1.82) is 0 Å². The third-order valence-electron chi connectivity index (χ3n) is 4.01. The predicted molar refractivity (Wildman–Crippen MR) is 91.5 cm³/mol. The van der Waals surface area contributed by atoms with Crippen molar-refractivity contribution in [3.8, 4) is 5.75 Å². The van der Waals surface area contributed by atoms with Gasteiger partial charge in [0, 0.05) is 12.0 Å². The average Bonchev–Trinajstić information content (AvgIpc) is 2.47. The number of carbonyl (C=O) groups excluding carboxylic acids is 1. The third kappa shape index (κ3) is 5.85. The standard InChI is InChI=1S/C17H26N2O2.ClH/c1-12-6-8-16(9-7-12)21-13(2)11-19-17(20)14-4-3-5-15(18)10-14;/h6-9,13-15H,3-5,10-11,18H2,1-2H3,(H,19,20);1H. The van der Waals surface area contributed by atoms with Gasteiger partial charge in [-0.05, 0) is 45.2 Å². The van der Waals surface area contributed by atoms with Gasteiger partial charge in [0.25, 0.3) is 0 Å². The van der Waals surface area contributed by atoms with Crippen LogP contribution in [-0.4, -0.2) is 24.6 Å². The minimum Gasteiger partial charge on any atom is -0.489 e. The Morgan fingerprint density at radius 2 is 2.05 bits per heavy atom.